The van der Waals surface area contributed by atoms with E-state index in [1.165, 1.54) is 15.6 Å². The normalized spacial score (nSPS) is 16.8. The summed E-state index contributed by atoms with van der Waals surface area (Å²) < 4.78 is 8.06. The maximum Gasteiger partial charge on any atom is 0.171 e. The Morgan fingerprint density at radius 1 is 1.36 bits per heavy atom. The summed E-state index contributed by atoms with van der Waals surface area (Å²) in [7, 11) is 1.72. The van der Waals surface area contributed by atoms with E-state index in [4.69, 9.17) is 4.74 Å². The molecule has 0 amide bonds. The Hall–Kier alpha value is -1.34. The average Bonchev–Trinajstić information content (AvgIpc) is 3.10. The third kappa shape index (κ3) is 4.62. The summed E-state index contributed by atoms with van der Waals surface area (Å²) >= 11 is 5.44. The van der Waals surface area contributed by atoms with Crippen molar-refractivity contribution in [2.45, 2.75) is 25.3 Å². The summed E-state index contributed by atoms with van der Waals surface area (Å²) in [5.74, 6) is 1.83. The van der Waals surface area contributed by atoms with E-state index in [1.807, 2.05) is 29.7 Å². The number of fused-ring (bicyclic) bond motifs is 1. The second-order valence-corrected chi connectivity index (χ2v) is 8.70. The fourth-order valence-electron chi connectivity index (χ4n) is 3.83. The van der Waals surface area contributed by atoms with Crippen LogP contribution >= 0.6 is 39.7 Å². The number of hydrogen-bond donors (Lipinski definition) is 1. The zero-order chi connectivity index (χ0) is 18.6. The molecule has 2 aromatic heterocycles. The van der Waals surface area contributed by atoms with Gasteiger partial charge in [-0.1, -0.05) is 15.9 Å². The van der Waals surface area contributed by atoms with Gasteiger partial charge < -0.3 is 15.0 Å². The van der Waals surface area contributed by atoms with Gasteiger partial charge in [-0.15, -0.1) is 23.7 Å². The SMILES string of the molecule is COc1cccnc1N1CCNCC1CCCc1csc2ccc(Br)cc12.Cl. The Kier molecular flexibility index (Phi) is 7.57. The molecule has 1 aliphatic rings. The molecule has 3 heterocycles. The summed E-state index contributed by atoms with van der Waals surface area (Å²) in [5, 5.41) is 7.24. The molecule has 28 heavy (non-hydrogen) atoms. The van der Waals surface area contributed by atoms with Gasteiger partial charge >= 0.3 is 0 Å². The predicted molar refractivity (Wildman–Crippen MR) is 125 cm³/mol. The molecule has 0 saturated carbocycles. The van der Waals surface area contributed by atoms with Crippen LogP contribution in [-0.4, -0.2) is 37.8 Å². The lowest BCUT2D eigenvalue weighted by Gasteiger charge is -2.37. The number of methoxy groups -OCH3 is 1. The van der Waals surface area contributed by atoms with Crippen LogP contribution in [-0.2, 0) is 6.42 Å². The summed E-state index contributed by atoms with van der Waals surface area (Å²) in [5.41, 5.74) is 1.46. The van der Waals surface area contributed by atoms with Crippen LogP contribution in [0, 0.1) is 0 Å². The Labute approximate surface area is 184 Å². The number of halogens is 2. The zero-order valence-corrected chi connectivity index (χ0v) is 19.1. The smallest absolute Gasteiger partial charge is 0.171 e. The molecular weight excluding hydrogens is 458 g/mol. The molecule has 1 N–H and O–H groups in total. The number of rotatable bonds is 6. The predicted octanol–water partition coefficient (Wildman–Crippen LogP) is 5.29. The molecule has 1 aliphatic heterocycles. The third-order valence-corrected chi connectivity index (χ3v) is 6.70. The van der Waals surface area contributed by atoms with E-state index < -0.39 is 0 Å². The molecule has 4 rings (SSSR count). The molecule has 4 nitrogen and oxygen atoms in total. The standard InChI is InChI=1S/C21H24BrN3OS.ClH/c1-26-19-6-3-9-24-21(19)25-11-10-23-13-17(25)5-2-4-15-14-27-20-8-7-16(22)12-18(15)20;/h3,6-9,12,14,17,23H,2,4-5,10-11,13H2,1H3;1H. The van der Waals surface area contributed by atoms with Crippen molar-refractivity contribution in [3.8, 4) is 5.75 Å². The number of nitrogens with one attached hydrogen (secondary N) is 1. The van der Waals surface area contributed by atoms with Crippen LogP contribution in [0.15, 0.2) is 46.4 Å². The van der Waals surface area contributed by atoms with Gasteiger partial charge in [-0.05, 0) is 65.9 Å². The Morgan fingerprint density at radius 2 is 2.25 bits per heavy atom. The number of thiophene rings is 1. The van der Waals surface area contributed by atoms with Crippen LogP contribution in [0.5, 0.6) is 5.75 Å². The highest BCUT2D eigenvalue weighted by atomic mass is 79.9. The fraction of sp³-hybridized carbons (Fsp3) is 0.381. The number of nitrogens with zero attached hydrogens (tertiary/aromatic N) is 2. The van der Waals surface area contributed by atoms with Gasteiger partial charge in [0.2, 0.25) is 0 Å². The van der Waals surface area contributed by atoms with E-state index in [0.717, 1.165) is 54.9 Å². The molecular formula is C21H25BrClN3OS. The summed E-state index contributed by atoms with van der Waals surface area (Å²) in [6.07, 6.45) is 5.26. The summed E-state index contributed by atoms with van der Waals surface area (Å²) in [6, 6.07) is 10.9. The van der Waals surface area contributed by atoms with Crippen LogP contribution in [0.25, 0.3) is 10.1 Å². The van der Waals surface area contributed by atoms with Crippen LogP contribution in [0.4, 0.5) is 5.82 Å². The second kappa shape index (κ2) is 9.92. The number of anilines is 1. The quantitative estimate of drug-likeness (QED) is 0.518. The van der Waals surface area contributed by atoms with Crippen molar-refractivity contribution in [2.75, 3.05) is 31.6 Å². The molecule has 0 spiro atoms. The highest BCUT2D eigenvalue weighted by Gasteiger charge is 2.25. The fourth-order valence-corrected chi connectivity index (χ4v) is 5.17. The Bertz CT molecular complexity index is 920. The van der Waals surface area contributed by atoms with E-state index in [9.17, 15) is 0 Å². The lowest BCUT2D eigenvalue weighted by Crippen LogP contribution is -2.51. The number of pyridine rings is 1. The van der Waals surface area contributed by atoms with Gasteiger partial charge in [0.1, 0.15) is 0 Å². The topological polar surface area (TPSA) is 37.4 Å². The van der Waals surface area contributed by atoms with E-state index in [0.29, 0.717) is 6.04 Å². The first-order chi connectivity index (χ1) is 13.3. The number of benzene rings is 1. The minimum Gasteiger partial charge on any atom is -0.493 e. The molecule has 0 radical (unpaired) electrons. The number of ether oxygens (including phenoxy) is 1. The molecule has 1 aromatic carbocycles. The molecule has 7 heteroatoms. The summed E-state index contributed by atoms with van der Waals surface area (Å²) in [4.78, 5) is 7.02. The first-order valence-electron chi connectivity index (χ1n) is 9.38. The van der Waals surface area contributed by atoms with E-state index >= 15 is 0 Å². The highest BCUT2D eigenvalue weighted by Crippen LogP contribution is 2.31. The average molecular weight is 483 g/mol. The van der Waals surface area contributed by atoms with Crippen molar-refractivity contribution in [3.63, 3.8) is 0 Å². The first kappa shape index (κ1) is 21.4. The van der Waals surface area contributed by atoms with Crippen LogP contribution in [0.3, 0.4) is 0 Å². The van der Waals surface area contributed by atoms with Crippen molar-refractivity contribution >= 4 is 55.6 Å². The molecule has 1 unspecified atom stereocenters. The van der Waals surface area contributed by atoms with Gasteiger partial charge in [0.25, 0.3) is 0 Å². The van der Waals surface area contributed by atoms with Crippen molar-refractivity contribution < 1.29 is 4.74 Å². The lowest BCUT2D eigenvalue weighted by molar-refractivity contribution is 0.399. The van der Waals surface area contributed by atoms with Crippen LogP contribution in [0.2, 0.25) is 0 Å². The van der Waals surface area contributed by atoms with Gasteiger partial charge in [-0.25, -0.2) is 4.98 Å². The molecule has 3 aromatic rings. The summed E-state index contributed by atoms with van der Waals surface area (Å²) in [6.45, 7) is 2.95. The highest BCUT2D eigenvalue weighted by molar-refractivity contribution is 9.10. The zero-order valence-electron chi connectivity index (χ0n) is 15.9. The number of piperazine rings is 1. The monoisotopic (exact) mass is 481 g/mol. The molecule has 150 valence electrons. The van der Waals surface area contributed by atoms with Gasteiger partial charge in [-0.3, -0.25) is 0 Å². The minimum absolute atomic E-state index is 0. The number of aromatic nitrogens is 1. The van der Waals surface area contributed by atoms with Crippen molar-refractivity contribution in [1.29, 1.82) is 0 Å². The Balaban J connectivity index is 0.00000225. The Morgan fingerprint density at radius 3 is 3.11 bits per heavy atom. The van der Waals surface area contributed by atoms with Crippen LogP contribution in [0.1, 0.15) is 18.4 Å². The lowest BCUT2D eigenvalue weighted by atomic mass is 10.0. The maximum atomic E-state index is 5.54. The third-order valence-electron chi connectivity index (χ3n) is 5.19. The molecule has 1 atom stereocenters. The van der Waals surface area contributed by atoms with Gasteiger partial charge in [0.05, 0.1) is 7.11 Å². The van der Waals surface area contributed by atoms with E-state index in [1.54, 1.807) is 7.11 Å². The minimum atomic E-state index is 0. The van der Waals surface area contributed by atoms with Crippen molar-refractivity contribution in [2.24, 2.45) is 0 Å². The maximum absolute atomic E-state index is 5.54. The van der Waals surface area contributed by atoms with Gasteiger partial charge in [0, 0.05) is 41.0 Å². The van der Waals surface area contributed by atoms with E-state index in [-0.39, 0.29) is 12.4 Å². The van der Waals surface area contributed by atoms with E-state index in [2.05, 4.69) is 54.7 Å². The largest absolute Gasteiger partial charge is 0.493 e. The van der Waals surface area contributed by atoms with Crippen LogP contribution < -0.4 is 15.0 Å². The number of hydrogen-bond acceptors (Lipinski definition) is 5. The number of aryl methyl sites for hydroxylation is 1. The molecule has 1 saturated heterocycles. The molecule has 0 aliphatic carbocycles. The van der Waals surface area contributed by atoms with Crippen molar-refractivity contribution in [3.05, 3.63) is 51.9 Å². The van der Waals surface area contributed by atoms with Gasteiger partial charge in [0.15, 0.2) is 11.6 Å². The second-order valence-electron chi connectivity index (χ2n) is 6.87. The van der Waals surface area contributed by atoms with Crippen molar-refractivity contribution in [1.82, 2.24) is 10.3 Å². The first-order valence-corrected chi connectivity index (χ1v) is 11.1. The molecule has 0 bridgehead atoms. The van der Waals surface area contributed by atoms with Gasteiger partial charge in [-0.2, -0.15) is 0 Å². The molecule has 1 fully saturated rings.